The highest BCUT2D eigenvalue weighted by atomic mass is 32.1. The summed E-state index contributed by atoms with van der Waals surface area (Å²) in [4.78, 5) is 16.0. The third-order valence-corrected chi connectivity index (χ3v) is 6.51. The zero-order chi connectivity index (χ0) is 19.2. The summed E-state index contributed by atoms with van der Waals surface area (Å²) >= 11 is 1.77. The highest BCUT2D eigenvalue weighted by Crippen LogP contribution is 2.39. The number of fused-ring (bicyclic) bond motifs is 4. The zero-order valence-corrected chi connectivity index (χ0v) is 16.4. The number of aromatic nitrogens is 5. The van der Waals surface area contributed by atoms with Crippen molar-refractivity contribution >= 4 is 27.4 Å². The van der Waals surface area contributed by atoms with Gasteiger partial charge in [-0.2, -0.15) is 19.7 Å². The third kappa shape index (κ3) is 2.89. The first kappa shape index (κ1) is 16.7. The van der Waals surface area contributed by atoms with Gasteiger partial charge < -0.3 is 14.8 Å². The topological polar surface area (TPSA) is 87.0 Å². The Morgan fingerprint density at radius 2 is 2.03 bits per heavy atom. The highest BCUT2D eigenvalue weighted by molar-refractivity contribution is 7.19. The van der Waals surface area contributed by atoms with Crippen LogP contribution in [0.5, 0.6) is 11.5 Å². The Kier molecular flexibility index (Phi) is 3.86. The van der Waals surface area contributed by atoms with E-state index in [1.54, 1.807) is 22.3 Å². The molecule has 0 spiro atoms. The first-order valence-electron chi connectivity index (χ1n) is 9.65. The molecule has 0 amide bonds. The molecule has 1 aliphatic heterocycles. The van der Waals surface area contributed by atoms with E-state index in [0.717, 1.165) is 45.9 Å². The molecule has 3 aromatic heterocycles. The van der Waals surface area contributed by atoms with Gasteiger partial charge in [-0.15, -0.1) is 11.3 Å². The lowest BCUT2D eigenvalue weighted by atomic mass is 9.97. The second-order valence-electron chi connectivity index (χ2n) is 7.14. The molecule has 0 atom stereocenters. The van der Waals surface area contributed by atoms with Crippen molar-refractivity contribution in [3.05, 3.63) is 46.9 Å². The van der Waals surface area contributed by atoms with E-state index in [-0.39, 0.29) is 6.79 Å². The number of anilines is 1. The van der Waals surface area contributed by atoms with Gasteiger partial charge in [0, 0.05) is 11.4 Å². The Morgan fingerprint density at radius 3 is 2.97 bits per heavy atom. The molecule has 6 rings (SSSR count). The first-order valence-corrected chi connectivity index (χ1v) is 10.5. The average Bonchev–Trinajstić information content (AvgIpc) is 3.50. The molecular formula is C20H18N6O2S. The van der Waals surface area contributed by atoms with Gasteiger partial charge in [0.2, 0.25) is 6.79 Å². The molecule has 1 aromatic carbocycles. The molecule has 0 bridgehead atoms. The summed E-state index contributed by atoms with van der Waals surface area (Å²) < 4.78 is 12.5. The second kappa shape index (κ2) is 6.70. The molecule has 0 saturated heterocycles. The van der Waals surface area contributed by atoms with Gasteiger partial charge in [0.25, 0.3) is 5.95 Å². The monoisotopic (exact) mass is 406 g/mol. The van der Waals surface area contributed by atoms with Gasteiger partial charge in [-0.1, -0.05) is 6.07 Å². The van der Waals surface area contributed by atoms with Gasteiger partial charge in [-0.25, -0.2) is 4.98 Å². The highest BCUT2D eigenvalue weighted by Gasteiger charge is 2.22. The maximum absolute atomic E-state index is 5.50. The number of benzene rings is 1. The average molecular weight is 406 g/mol. The van der Waals surface area contributed by atoms with Crippen LogP contribution in [0.4, 0.5) is 5.82 Å². The van der Waals surface area contributed by atoms with Crippen molar-refractivity contribution in [2.24, 2.45) is 0 Å². The largest absolute Gasteiger partial charge is 0.454 e. The van der Waals surface area contributed by atoms with Crippen LogP contribution in [-0.4, -0.2) is 31.5 Å². The summed E-state index contributed by atoms with van der Waals surface area (Å²) in [6.07, 6.45) is 7.77. The fourth-order valence-corrected chi connectivity index (χ4v) is 5.18. The maximum Gasteiger partial charge on any atom is 0.255 e. The number of hydrogen-bond acceptors (Lipinski definition) is 8. The number of thiophene rings is 1. The van der Waals surface area contributed by atoms with Crippen LogP contribution < -0.4 is 14.8 Å². The molecule has 2 aliphatic rings. The van der Waals surface area contributed by atoms with Crippen LogP contribution >= 0.6 is 11.3 Å². The van der Waals surface area contributed by atoms with Gasteiger partial charge in [0.05, 0.1) is 5.39 Å². The third-order valence-electron chi connectivity index (χ3n) is 5.32. The van der Waals surface area contributed by atoms with Crippen molar-refractivity contribution < 1.29 is 9.47 Å². The normalized spacial score (nSPS) is 14.9. The number of rotatable bonds is 4. The molecule has 9 heteroatoms. The van der Waals surface area contributed by atoms with Crippen LogP contribution in [0.15, 0.2) is 30.9 Å². The Hall–Kier alpha value is -3.20. The van der Waals surface area contributed by atoms with Crippen LogP contribution in [0, 0.1) is 0 Å². The lowest BCUT2D eigenvalue weighted by Gasteiger charge is -2.13. The minimum atomic E-state index is 0.279. The summed E-state index contributed by atoms with van der Waals surface area (Å²) in [7, 11) is 0. The van der Waals surface area contributed by atoms with E-state index < -0.39 is 0 Å². The number of nitrogens with one attached hydrogen (secondary N) is 1. The maximum atomic E-state index is 5.50. The van der Waals surface area contributed by atoms with Crippen molar-refractivity contribution in [1.29, 1.82) is 0 Å². The molecule has 8 nitrogen and oxygen atoms in total. The van der Waals surface area contributed by atoms with Crippen LogP contribution in [-0.2, 0) is 19.4 Å². The van der Waals surface area contributed by atoms with E-state index in [1.165, 1.54) is 29.6 Å². The summed E-state index contributed by atoms with van der Waals surface area (Å²) in [6, 6.07) is 6.00. The predicted octanol–water partition coefficient (Wildman–Crippen LogP) is 3.49. The lowest BCUT2D eigenvalue weighted by Crippen LogP contribution is -2.08. The second-order valence-corrected chi connectivity index (χ2v) is 8.23. The predicted molar refractivity (Wildman–Crippen MR) is 109 cm³/mol. The number of aryl methyl sites for hydroxylation is 2. The molecule has 146 valence electrons. The Balaban J connectivity index is 1.41. The van der Waals surface area contributed by atoms with Gasteiger partial charge in [-0.05, 0) is 48.9 Å². The molecule has 1 N–H and O–H groups in total. The minimum Gasteiger partial charge on any atom is -0.454 e. The van der Waals surface area contributed by atoms with E-state index >= 15 is 0 Å². The molecule has 0 radical (unpaired) electrons. The first-order chi connectivity index (χ1) is 14.3. The molecule has 29 heavy (non-hydrogen) atoms. The van der Waals surface area contributed by atoms with E-state index in [0.29, 0.717) is 12.5 Å². The Bertz CT molecular complexity index is 1200. The summed E-state index contributed by atoms with van der Waals surface area (Å²) in [6.45, 7) is 0.908. The summed E-state index contributed by atoms with van der Waals surface area (Å²) in [5.41, 5.74) is 2.50. The van der Waals surface area contributed by atoms with Gasteiger partial charge in [0.1, 0.15) is 23.3 Å². The van der Waals surface area contributed by atoms with Crippen molar-refractivity contribution in [3.63, 3.8) is 0 Å². The Labute approximate surface area is 170 Å². The summed E-state index contributed by atoms with van der Waals surface area (Å²) in [5, 5.41) is 8.88. The molecule has 4 heterocycles. The molecule has 1 aliphatic carbocycles. The van der Waals surface area contributed by atoms with Crippen molar-refractivity contribution in [2.75, 3.05) is 12.1 Å². The van der Waals surface area contributed by atoms with E-state index in [1.807, 2.05) is 18.2 Å². The van der Waals surface area contributed by atoms with Gasteiger partial charge >= 0.3 is 0 Å². The van der Waals surface area contributed by atoms with Crippen molar-refractivity contribution in [1.82, 2.24) is 24.7 Å². The molecular weight excluding hydrogens is 388 g/mol. The fraction of sp³-hybridized carbons (Fsp3) is 0.300. The molecule has 0 fully saturated rings. The van der Waals surface area contributed by atoms with E-state index in [9.17, 15) is 0 Å². The Morgan fingerprint density at radius 1 is 1.10 bits per heavy atom. The quantitative estimate of drug-likeness (QED) is 0.555. The zero-order valence-electron chi connectivity index (χ0n) is 15.6. The van der Waals surface area contributed by atoms with Gasteiger partial charge in [0.15, 0.2) is 11.5 Å². The van der Waals surface area contributed by atoms with Crippen LogP contribution in [0.25, 0.3) is 16.2 Å². The van der Waals surface area contributed by atoms with Gasteiger partial charge in [-0.3, -0.25) is 0 Å². The van der Waals surface area contributed by atoms with Crippen molar-refractivity contribution in [2.45, 2.75) is 32.2 Å². The molecule has 4 aromatic rings. The van der Waals surface area contributed by atoms with Crippen molar-refractivity contribution in [3.8, 4) is 17.4 Å². The van der Waals surface area contributed by atoms with E-state index in [2.05, 4.69) is 15.4 Å². The van der Waals surface area contributed by atoms with E-state index in [4.69, 9.17) is 19.4 Å². The SMILES string of the molecule is c1ncn(-c2nc(NCc3ccc4c(c3)OCO4)c3c4c(sc3n2)CCCC4)n1. The summed E-state index contributed by atoms with van der Waals surface area (Å²) in [5.74, 6) is 2.95. The number of ether oxygens (including phenoxy) is 2. The van der Waals surface area contributed by atoms with Crippen LogP contribution in [0.2, 0.25) is 0 Å². The number of hydrogen-bond donors (Lipinski definition) is 1. The fourth-order valence-electron chi connectivity index (χ4n) is 3.92. The molecule has 0 unspecified atom stereocenters. The smallest absolute Gasteiger partial charge is 0.255 e. The van der Waals surface area contributed by atoms with Crippen LogP contribution in [0.3, 0.4) is 0 Å². The minimum absolute atomic E-state index is 0.279. The number of nitrogens with zero attached hydrogens (tertiary/aromatic N) is 5. The standard InChI is InChI=1S/C20H18N6O2S/c1-2-4-16-13(3-1)17-18(22-8-12-5-6-14-15(7-12)28-11-27-14)24-20(25-19(17)29-16)26-10-21-9-23-26/h5-7,9-10H,1-4,8,11H2,(H,22,24,25). The van der Waals surface area contributed by atoms with Crippen LogP contribution in [0.1, 0.15) is 28.8 Å². The lowest BCUT2D eigenvalue weighted by molar-refractivity contribution is 0.174. The molecule has 0 saturated carbocycles.